The third-order valence-corrected chi connectivity index (χ3v) is 3.25. The lowest BCUT2D eigenvalue weighted by Gasteiger charge is -1.99. The summed E-state index contributed by atoms with van der Waals surface area (Å²) in [6, 6.07) is 0.692. The number of aromatic nitrogens is 1. The highest BCUT2D eigenvalue weighted by Gasteiger charge is 2.20. The lowest BCUT2D eigenvalue weighted by atomic mass is 10.3. The van der Waals surface area contributed by atoms with Gasteiger partial charge in [0.05, 0.1) is 18.7 Å². The fraction of sp³-hybridized carbons (Fsp3) is 0.636. The van der Waals surface area contributed by atoms with E-state index in [1.54, 1.807) is 11.3 Å². The van der Waals surface area contributed by atoms with Gasteiger partial charge in [0.25, 0.3) is 0 Å². The minimum Gasteiger partial charge on any atom is -0.466 e. The molecule has 1 aromatic rings. The van der Waals surface area contributed by atoms with Gasteiger partial charge in [0, 0.05) is 18.0 Å². The molecule has 0 spiro atoms. The monoisotopic (exact) mass is 240 g/mol. The molecule has 1 fully saturated rings. The molecule has 5 heteroatoms. The van der Waals surface area contributed by atoms with Crippen LogP contribution in [-0.4, -0.2) is 23.6 Å². The quantitative estimate of drug-likeness (QED) is 0.766. The Morgan fingerprint density at radius 2 is 2.50 bits per heavy atom. The van der Waals surface area contributed by atoms with E-state index in [0.29, 0.717) is 12.6 Å². The topological polar surface area (TPSA) is 51.2 Å². The van der Waals surface area contributed by atoms with Crippen LogP contribution in [0.5, 0.6) is 0 Å². The molecule has 0 saturated heterocycles. The van der Waals surface area contributed by atoms with Crippen molar-refractivity contribution < 1.29 is 9.53 Å². The van der Waals surface area contributed by atoms with E-state index in [2.05, 4.69) is 10.3 Å². The first-order valence-electron chi connectivity index (χ1n) is 5.60. The zero-order valence-electron chi connectivity index (χ0n) is 9.36. The molecule has 0 amide bonds. The van der Waals surface area contributed by atoms with Crippen molar-refractivity contribution in [3.8, 4) is 0 Å². The maximum absolute atomic E-state index is 11.2. The zero-order chi connectivity index (χ0) is 11.4. The smallest absolute Gasteiger partial charge is 0.311 e. The molecule has 2 rings (SSSR count). The molecule has 1 aliphatic carbocycles. The van der Waals surface area contributed by atoms with Gasteiger partial charge in [-0.05, 0) is 19.8 Å². The maximum atomic E-state index is 11.2. The van der Waals surface area contributed by atoms with Crippen molar-refractivity contribution >= 4 is 17.3 Å². The number of rotatable bonds is 6. The summed E-state index contributed by atoms with van der Waals surface area (Å²) in [5.41, 5.74) is 0.816. The number of hydrogen-bond acceptors (Lipinski definition) is 5. The highest BCUT2D eigenvalue weighted by molar-refractivity contribution is 7.09. The molecule has 1 aromatic heterocycles. The van der Waals surface area contributed by atoms with E-state index in [1.807, 2.05) is 12.3 Å². The van der Waals surface area contributed by atoms with E-state index >= 15 is 0 Å². The molecular weight excluding hydrogens is 224 g/mol. The van der Waals surface area contributed by atoms with Crippen LogP contribution in [0.3, 0.4) is 0 Å². The number of carbonyl (C=O) groups excluding carboxylic acids is 1. The van der Waals surface area contributed by atoms with Crippen molar-refractivity contribution in [3.05, 3.63) is 16.1 Å². The molecule has 1 aliphatic rings. The summed E-state index contributed by atoms with van der Waals surface area (Å²) >= 11 is 1.60. The molecule has 88 valence electrons. The van der Waals surface area contributed by atoms with Crippen LogP contribution in [0.15, 0.2) is 5.38 Å². The largest absolute Gasteiger partial charge is 0.466 e. The van der Waals surface area contributed by atoms with Crippen LogP contribution < -0.4 is 5.32 Å². The van der Waals surface area contributed by atoms with Gasteiger partial charge in [-0.2, -0.15) is 0 Å². The van der Waals surface area contributed by atoms with Crippen LogP contribution in [0.25, 0.3) is 0 Å². The highest BCUT2D eigenvalue weighted by Crippen LogP contribution is 2.20. The number of esters is 1. The highest BCUT2D eigenvalue weighted by atomic mass is 32.1. The molecule has 0 bridgehead atoms. The van der Waals surface area contributed by atoms with E-state index in [9.17, 15) is 4.79 Å². The minimum atomic E-state index is -0.200. The lowest BCUT2D eigenvalue weighted by molar-refractivity contribution is -0.142. The van der Waals surface area contributed by atoms with Crippen molar-refractivity contribution in [1.29, 1.82) is 0 Å². The number of thiazole rings is 1. The molecule has 0 aromatic carbocycles. The van der Waals surface area contributed by atoms with Crippen LogP contribution in [0.2, 0.25) is 0 Å². The van der Waals surface area contributed by atoms with Crippen molar-refractivity contribution in [2.45, 2.75) is 38.8 Å². The van der Waals surface area contributed by atoms with Crippen molar-refractivity contribution in [2.75, 3.05) is 6.61 Å². The average Bonchev–Trinajstić information content (AvgIpc) is 2.98. The van der Waals surface area contributed by atoms with E-state index in [4.69, 9.17) is 4.74 Å². The number of carbonyl (C=O) groups is 1. The Balaban J connectivity index is 1.78. The van der Waals surface area contributed by atoms with E-state index in [0.717, 1.165) is 17.2 Å². The summed E-state index contributed by atoms with van der Waals surface area (Å²) < 4.78 is 4.87. The van der Waals surface area contributed by atoms with Crippen LogP contribution in [-0.2, 0) is 22.5 Å². The van der Waals surface area contributed by atoms with Gasteiger partial charge in [-0.25, -0.2) is 4.98 Å². The van der Waals surface area contributed by atoms with Gasteiger partial charge in [0.15, 0.2) is 0 Å². The molecule has 4 nitrogen and oxygen atoms in total. The third kappa shape index (κ3) is 3.57. The van der Waals surface area contributed by atoms with Crippen molar-refractivity contribution in [2.24, 2.45) is 0 Å². The van der Waals surface area contributed by atoms with Crippen LogP contribution in [0, 0.1) is 0 Å². The molecular formula is C11H16N2O2S. The predicted octanol–water partition coefficient (Wildman–Crippen LogP) is 1.50. The Kier molecular flexibility index (Phi) is 3.90. The molecule has 0 aliphatic heterocycles. The number of hydrogen-bond donors (Lipinski definition) is 1. The van der Waals surface area contributed by atoms with E-state index in [-0.39, 0.29) is 12.4 Å². The van der Waals surface area contributed by atoms with Gasteiger partial charge >= 0.3 is 5.97 Å². The molecule has 1 saturated carbocycles. The van der Waals surface area contributed by atoms with E-state index in [1.165, 1.54) is 12.8 Å². The summed E-state index contributed by atoms with van der Waals surface area (Å²) in [6.45, 7) is 3.06. The van der Waals surface area contributed by atoms with Crippen molar-refractivity contribution in [1.82, 2.24) is 10.3 Å². The van der Waals surface area contributed by atoms with Gasteiger partial charge in [-0.15, -0.1) is 11.3 Å². The second-order valence-electron chi connectivity index (χ2n) is 3.87. The third-order valence-electron chi connectivity index (χ3n) is 2.35. The summed E-state index contributed by atoms with van der Waals surface area (Å²) in [5.74, 6) is -0.200. The zero-order valence-corrected chi connectivity index (χ0v) is 10.2. The summed E-state index contributed by atoms with van der Waals surface area (Å²) in [6.07, 6.45) is 2.84. The molecule has 1 N–H and O–H groups in total. The van der Waals surface area contributed by atoms with E-state index < -0.39 is 0 Å². The van der Waals surface area contributed by atoms with Crippen LogP contribution in [0.4, 0.5) is 0 Å². The number of nitrogens with one attached hydrogen (secondary N) is 1. The first-order valence-corrected chi connectivity index (χ1v) is 6.48. The molecule has 0 atom stereocenters. The molecule has 0 unspecified atom stereocenters. The Morgan fingerprint density at radius 1 is 1.69 bits per heavy atom. The fourth-order valence-electron chi connectivity index (χ4n) is 1.39. The van der Waals surface area contributed by atoms with Gasteiger partial charge in [-0.1, -0.05) is 0 Å². The van der Waals surface area contributed by atoms with Gasteiger partial charge < -0.3 is 10.1 Å². The normalized spacial score (nSPS) is 15.1. The van der Waals surface area contributed by atoms with Gasteiger partial charge in [0.1, 0.15) is 5.01 Å². The SMILES string of the molecule is CCOC(=O)Cc1csc(CNC2CC2)n1. The van der Waals surface area contributed by atoms with Crippen molar-refractivity contribution in [3.63, 3.8) is 0 Å². The van der Waals surface area contributed by atoms with Crippen LogP contribution in [0.1, 0.15) is 30.5 Å². The van der Waals surface area contributed by atoms with Gasteiger partial charge in [-0.3, -0.25) is 4.79 Å². The number of nitrogens with zero attached hydrogens (tertiary/aromatic N) is 1. The molecule has 0 radical (unpaired) electrons. The molecule has 16 heavy (non-hydrogen) atoms. The summed E-state index contributed by atoms with van der Waals surface area (Å²) in [5, 5.41) is 6.38. The standard InChI is InChI=1S/C11H16N2O2S/c1-2-15-11(14)5-9-7-16-10(13-9)6-12-8-3-4-8/h7-8,12H,2-6H2,1H3. The second-order valence-corrected chi connectivity index (χ2v) is 4.81. The Hall–Kier alpha value is -0.940. The van der Waals surface area contributed by atoms with Gasteiger partial charge in [0.2, 0.25) is 0 Å². The Labute approximate surface area is 99.0 Å². The fourth-order valence-corrected chi connectivity index (χ4v) is 2.14. The minimum absolute atomic E-state index is 0.200. The first kappa shape index (κ1) is 11.5. The first-order chi connectivity index (χ1) is 7.78. The average molecular weight is 240 g/mol. The predicted molar refractivity (Wildman–Crippen MR) is 62.3 cm³/mol. The van der Waals surface area contributed by atoms with Crippen LogP contribution >= 0.6 is 11.3 Å². The summed E-state index contributed by atoms with van der Waals surface area (Å²) in [7, 11) is 0. The second kappa shape index (κ2) is 5.41. The maximum Gasteiger partial charge on any atom is 0.311 e. The Morgan fingerprint density at radius 3 is 3.19 bits per heavy atom. The Bertz CT molecular complexity index is 361. The lowest BCUT2D eigenvalue weighted by Crippen LogP contribution is -2.15. The molecule has 1 heterocycles. The summed E-state index contributed by atoms with van der Waals surface area (Å²) in [4.78, 5) is 15.6. The number of ether oxygens (including phenoxy) is 1.